The summed E-state index contributed by atoms with van der Waals surface area (Å²) in [4.78, 5) is 17.5. The van der Waals surface area contributed by atoms with Crippen molar-refractivity contribution in [3.63, 3.8) is 0 Å². The molecule has 2 heterocycles. The molecule has 4 rings (SSSR count). The Morgan fingerprint density at radius 2 is 1.55 bits per heavy atom. The largest absolute Gasteiger partial charge is 0.330 e. The van der Waals surface area contributed by atoms with E-state index in [2.05, 4.69) is 24.1 Å². The zero-order valence-electron chi connectivity index (χ0n) is 19.3. The Balaban J connectivity index is 1.45. The van der Waals surface area contributed by atoms with E-state index in [1.165, 1.54) is 0 Å². The maximum absolute atomic E-state index is 13.0. The number of carbonyl (C=O) groups excluding carboxylic acids is 1. The van der Waals surface area contributed by atoms with Crippen LogP contribution in [0.4, 0.5) is 0 Å². The maximum Gasteiger partial charge on any atom is 0.247 e. The Kier molecular flexibility index (Phi) is 7.63. The molecule has 2 aliphatic heterocycles. The van der Waals surface area contributed by atoms with Crippen LogP contribution in [0.3, 0.4) is 0 Å². The summed E-state index contributed by atoms with van der Waals surface area (Å²) in [6, 6.07) is 17.0. The van der Waals surface area contributed by atoms with Gasteiger partial charge in [-0.2, -0.15) is 4.31 Å². The summed E-state index contributed by atoms with van der Waals surface area (Å²) >= 11 is 0. The van der Waals surface area contributed by atoms with Gasteiger partial charge in [-0.3, -0.25) is 4.79 Å². The number of likely N-dealkylation sites (N-methyl/N-ethyl adjacent to an activating group) is 1. The van der Waals surface area contributed by atoms with Gasteiger partial charge >= 0.3 is 0 Å². The van der Waals surface area contributed by atoms with Crippen molar-refractivity contribution in [2.24, 2.45) is 0 Å². The van der Waals surface area contributed by atoms with Crippen LogP contribution in [0.1, 0.15) is 42.9 Å². The number of rotatable bonds is 5. The van der Waals surface area contributed by atoms with E-state index in [0.717, 1.165) is 49.9 Å². The molecular formula is C26H33N3O3S. The highest BCUT2D eigenvalue weighted by molar-refractivity contribution is 7.89. The molecule has 176 valence electrons. The first-order chi connectivity index (χ1) is 15.9. The van der Waals surface area contributed by atoms with E-state index in [1.807, 2.05) is 23.1 Å². The van der Waals surface area contributed by atoms with Crippen molar-refractivity contribution in [2.75, 3.05) is 39.8 Å². The number of hydrogen-bond donors (Lipinski definition) is 0. The van der Waals surface area contributed by atoms with E-state index < -0.39 is 10.0 Å². The minimum absolute atomic E-state index is 0.0169. The number of piperazine rings is 1. The molecule has 0 bridgehead atoms. The van der Waals surface area contributed by atoms with Crippen LogP contribution in [0.25, 0.3) is 6.08 Å². The standard InChI is InChI=1S/C26H33N3O3S/c1-27-19-20-29(25(21-27)23-9-5-4-6-10-23)26(30)16-13-22-11-14-24(15-12-22)33(31,32)28-17-7-2-3-8-18-28/h4-6,9-16,25H,2-3,7-8,17-21H2,1H3/b16-13+. The van der Waals surface area contributed by atoms with Crippen LogP contribution >= 0.6 is 0 Å². The van der Waals surface area contributed by atoms with Crippen LogP contribution in [-0.4, -0.2) is 68.2 Å². The molecule has 0 saturated carbocycles. The highest BCUT2D eigenvalue weighted by Crippen LogP contribution is 2.25. The molecule has 1 amide bonds. The van der Waals surface area contributed by atoms with Crippen LogP contribution < -0.4 is 0 Å². The molecule has 0 radical (unpaired) electrons. The van der Waals surface area contributed by atoms with Crippen LogP contribution in [-0.2, 0) is 14.8 Å². The fourth-order valence-corrected chi connectivity index (χ4v) is 6.11. The highest BCUT2D eigenvalue weighted by Gasteiger charge is 2.29. The summed E-state index contributed by atoms with van der Waals surface area (Å²) < 4.78 is 27.5. The van der Waals surface area contributed by atoms with Crippen molar-refractivity contribution in [1.29, 1.82) is 0 Å². The first-order valence-corrected chi connectivity index (χ1v) is 13.2. The van der Waals surface area contributed by atoms with Gasteiger partial charge < -0.3 is 9.80 Å². The van der Waals surface area contributed by atoms with Gasteiger partial charge in [-0.05, 0) is 49.2 Å². The van der Waals surface area contributed by atoms with Gasteiger partial charge in [0.1, 0.15) is 0 Å². The van der Waals surface area contributed by atoms with Gasteiger partial charge in [-0.15, -0.1) is 0 Å². The van der Waals surface area contributed by atoms with Crippen molar-refractivity contribution < 1.29 is 13.2 Å². The summed E-state index contributed by atoms with van der Waals surface area (Å²) in [7, 11) is -1.39. The van der Waals surface area contributed by atoms with Crippen molar-refractivity contribution in [3.05, 3.63) is 71.8 Å². The van der Waals surface area contributed by atoms with Gasteiger partial charge in [-0.25, -0.2) is 8.42 Å². The highest BCUT2D eigenvalue weighted by atomic mass is 32.2. The lowest BCUT2D eigenvalue weighted by Crippen LogP contribution is -2.48. The summed E-state index contributed by atoms with van der Waals surface area (Å²) in [5.74, 6) is -0.0294. The van der Waals surface area contributed by atoms with Crippen LogP contribution in [0.5, 0.6) is 0 Å². The lowest BCUT2D eigenvalue weighted by molar-refractivity contribution is -0.130. The molecule has 1 atom stereocenters. The third-order valence-electron chi connectivity index (χ3n) is 6.55. The van der Waals surface area contributed by atoms with Crippen LogP contribution in [0.15, 0.2) is 65.6 Å². The zero-order chi connectivity index (χ0) is 23.3. The molecule has 2 aliphatic rings. The average molecular weight is 468 g/mol. The Morgan fingerprint density at radius 1 is 0.879 bits per heavy atom. The number of sulfonamides is 1. The average Bonchev–Trinajstić information content (AvgIpc) is 3.14. The van der Waals surface area contributed by atoms with Gasteiger partial charge in [0.05, 0.1) is 10.9 Å². The molecule has 7 heteroatoms. The van der Waals surface area contributed by atoms with Crippen LogP contribution in [0.2, 0.25) is 0 Å². The van der Waals surface area contributed by atoms with Crippen molar-refractivity contribution in [3.8, 4) is 0 Å². The van der Waals surface area contributed by atoms with Gasteiger partial charge in [0.15, 0.2) is 0 Å². The summed E-state index contributed by atoms with van der Waals surface area (Å²) in [6.07, 6.45) is 7.37. The molecule has 2 fully saturated rings. The van der Waals surface area contributed by atoms with Crippen LogP contribution in [0, 0.1) is 0 Å². The fourth-order valence-electron chi connectivity index (χ4n) is 4.59. The molecule has 2 saturated heterocycles. The first kappa shape index (κ1) is 23.7. The van der Waals surface area contributed by atoms with Crippen molar-refractivity contribution in [1.82, 2.24) is 14.1 Å². The molecule has 0 aliphatic carbocycles. The molecular weight excluding hydrogens is 434 g/mol. The first-order valence-electron chi connectivity index (χ1n) is 11.8. The number of hydrogen-bond acceptors (Lipinski definition) is 4. The predicted octanol–water partition coefficient (Wildman–Crippen LogP) is 3.78. The fraction of sp³-hybridized carbons (Fsp3) is 0.423. The Morgan fingerprint density at radius 3 is 2.21 bits per heavy atom. The lowest BCUT2D eigenvalue weighted by atomic mass is 10.0. The van der Waals surface area contributed by atoms with E-state index >= 15 is 0 Å². The summed E-state index contributed by atoms with van der Waals surface area (Å²) in [6.45, 7) is 3.49. The molecule has 0 aromatic heterocycles. The van der Waals surface area contributed by atoms with E-state index in [0.29, 0.717) is 24.5 Å². The summed E-state index contributed by atoms with van der Waals surface area (Å²) in [5, 5.41) is 0. The van der Waals surface area contributed by atoms with E-state index in [1.54, 1.807) is 40.7 Å². The van der Waals surface area contributed by atoms with E-state index in [-0.39, 0.29) is 11.9 Å². The molecule has 6 nitrogen and oxygen atoms in total. The number of nitrogens with zero attached hydrogens (tertiary/aromatic N) is 3. The third-order valence-corrected chi connectivity index (χ3v) is 8.47. The maximum atomic E-state index is 13.0. The minimum Gasteiger partial charge on any atom is -0.330 e. The lowest BCUT2D eigenvalue weighted by Gasteiger charge is -2.40. The second-order valence-electron chi connectivity index (χ2n) is 8.94. The second-order valence-corrected chi connectivity index (χ2v) is 10.9. The third kappa shape index (κ3) is 5.72. The molecule has 33 heavy (non-hydrogen) atoms. The van der Waals surface area contributed by atoms with Gasteiger partial charge in [-0.1, -0.05) is 55.3 Å². The smallest absolute Gasteiger partial charge is 0.247 e. The monoisotopic (exact) mass is 467 g/mol. The topological polar surface area (TPSA) is 60.9 Å². The second kappa shape index (κ2) is 10.6. The van der Waals surface area contributed by atoms with Gasteiger partial charge in [0, 0.05) is 38.8 Å². The van der Waals surface area contributed by atoms with Gasteiger partial charge in [0.2, 0.25) is 15.9 Å². The Bertz CT molecular complexity index is 1060. The minimum atomic E-state index is -3.46. The van der Waals surface area contributed by atoms with E-state index in [9.17, 15) is 13.2 Å². The number of benzene rings is 2. The molecule has 2 aromatic carbocycles. The summed E-state index contributed by atoms with van der Waals surface area (Å²) in [5.41, 5.74) is 1.94. The number of carbonyl (C=O) groups is 1. The molecule has 0 spiro atoms. The quantitative estimate of drug-likeness (QED) is 0.628. The molecule has 1 unspecified atom stereocenters. The predicted molar refractivity (Wildman–Crippen MR) is 131 cm³/mol. The van der Waals surface area contributed by atoms with E-state index in [4.69, 9.17) is 0 Å². The van der Waals surface area contributed by atoms with Crippen molar-refractivity contribution >= 4 is 22.0 Å². The molecule has 0 N–H and O–H groups in total. The van der Waals surface area contributed by atoms with Gasteiger partial charge in [0.25, 0.3) is 0 Å². The number of amides is 1. The zero-order valence-corrected chi connectivity index (χ0v) is 20.1. The Hall–Kier alpha value is -2.48. The SMILES string of the molecule is CN1CCN(C(=O)/C=C/c2ccc(S(=O)(=O)N3CCCCCC3)cc2)C(c2ccccc2)C1. The normalized spacial score (nSPS) is 21.2. The Labute approximate surface area is 197 Å². The molecule has 2 aromatic rings. The van der Waals surface area contributed by atoms with Crippen molar-refractivity contribution in [2.45, 2.75) is 36.6 Å².